The van der Waals surface area contributed by atoms with Gasteiger partial charge in [0.2, 0.25) is 0 Å². The molecule has 0 radical (unpaired) electrons. The fraction of sp³-hybridized carbons (Fsp3) is 0.385. The van der Waals surface area contributed by atoms with Crippen LogP contribution in [0.1, 0.15) is 18.5 Å². The monoisotopic (exact) mass is 337 g/mol. The Kier molecular flexibility index (Phi) is 5.54. The van der Waals surface area contributed by atoms with Gasteiger partial charge in [0.05, 0.1) is 7.11 Å². The van der Waals surface area contributed by atoms with Gasteiger partial charge in [-0.25, -0.2) is 13.6 Å². The van der Waals surface area contributed by atoms with Crippen LogP contribution in [0.3, 0.4) is 0 Å². The van der Waals surface area contributed by atoms with E-state index in [9.17, 15) is 18.4 Å². The Labute approximate surface area is 131 Å². The summed E-state index contributed by atoms with van der Waals surface area (Å²) in [5, 5.41) is 2.06. The first-order valence-electron chi connectivity index (χ1n) is 6.01. The first-order valence-corrected chi connectivity index (χ1v) is 6.01. The Balaban J connectivity index is 0.00000242. The maximum absolute atomic E-state index is 13.8. The van der Waals surface area contributed by atoms with Crippen molar-refractivity contribution in [3.63, 3.8) is 0 Å². The minimum atomic E-state index is -3.26. The van der Waals surface area contributed by atoms with Crippen LogP contribution in [0.25, 0.3) is 0 Å². The third-order valence-corrected chi connectivity index (χ3v) is 2.85. The number of ether oxygens (including phenoxy) is 3. The zero-order valence-corrected chi connectivity index (χ0v) is 12.5. The van der Waals surface area contributed by atoms with Crippen molar-refractivity contribution in [3.05, 3.63) is 23.8 Å². The normalized spacial score (nSPS) is 19.3. The molecule has 1 aliphatic heterocycles. The van der Waals surface area contributed by atoms with Crippen molar-refractivity contribution >= 4 is 24.5 Å². The number of carbonyl (C=O) groups excluding carboxylic acids is 2. The van der Waals surface area contributed by atoms with Crippen molar-refractivity contribution in [2.45, 2.75) is 18.9 Å². The quantitative estimate of drug-likeness (QED) is 0.677. The van der Waals surface area contributed by atoms with Crippen molar-refractivity contribution in [3.8, 4) is 11.5 Å². The van der Waals surface area contributed by atoms with E-state index in [2.05, 4.69) is 10.1 Å². The molecule has 0 aromatic heterocycles. The number of nitrogens with one attached hydrogen (secondary N) is 1. The van der Waals surface area contributed by atoms with Crippen LogP contribution in [0.2, 0.25) is 0 Å². The minimum Gasteiger partial charge on any atom is -0.493 e. The fourth-order valence-electron chi connectivity index (χ4n) is 1.94. The first-order chi connectivity index (χ1) is 9.83. The summed E-state index contributed by atoms with van der Waals surface area (Å²) >= 11 is 0. The maximum Gasteiger partial charge on any atom is 0.408 e. The largest absolute Gasteiger partial charge is 0.493 e. The number of rotatable bonds is 3. The second kappa shape index (κ2) is 6.78. The molecular formula is C13H14ClF2NO5. The highest BCUT2D eigenvalue weighted by Gasteiger charge is 2.47. The molecular weight excluding hydrogens is 324 g/mol. The van der Waals surface area contributed by atoms with Crippen molar-refractivity contribution in [1.82, 2.24) is 5.32 Å². The Bertz CT molecular complexity index is 582. The van der Waals surface area contributed by atoms with Gasteiger partial charge in [-0.1, -0.05) is 6.07 Å². The highest BCUT2D eigenvalue weighted by atomic mass is 35.5. The highest BCUT2D eigenvalue weighted by molar-refractivity contribution is 5.85. The van der Waals surface area contributed by atoms with E-state index in [-0.39, 0.29) is 29.5 Å². The molecule has 0 bridgehead atoms. The molecule has 9 heteroatoms. The molecule has 1 N–H and O–H groups in total. The molecule has 6 nitrogen and oxygen atoms in total. The molecule has 0 unspecified atom stereocenters. The number of alkyl halides is 2. The second-order valence-electron chi connectivity index (χ2n) is 4.42. The third-order valence-electron chi connectivity index (χ3n) is 2.85. The summed E-state index contributed by atoms with van der Waals surface area (Å²) < 4.78 is 41.8. The number of halogens is 3. The lowest BCUT2D eigenvalue weighted by Gasteiger charge is -2.32. The van der Waals surface area contributed by atoms with Crippen LogP contribution in [0.4, 0.5) is 13.6 Å². The number of benzene rings is 1. The van der Waals surface area contributed by atoms with Crippen molar-refractivity contribution in [1.29, 1.82) is 0 Å². The van der Waals surface area contributed by atoms with Gasteiger partial charge in [-0.15, -0.1) is 12.4 Å². The summed E-state index contributed by atoms with van der Waals surface area (Å²) in [4.78, 5) is 22.1. The Morgan fingerprint density at radius 2 is 2.09 bits per heavy atom. The van der Waals surface area contributed by atoms with Crippen LogP contribution in [-0.4, -0.2) is 31.7 Å². The fourth-order valence-corrected chi connectivity index (χ4v) is 1.94. The Morgan fingerprint density at radius 1 is 1.41 bits per heavy atom. The summed E-state index contributed by atoms with van der Waals surface area (Å²) in [6, 6.07) is 2.39. The van der Waals surface area contributed by atoms with E-state index in [4.69, 9.17) is 9.47 Å². The van der Waals surface area contributed by atoms with Crippen LogP contribution < -0.4 is 14.8 Å². The third kappa shape index (κ3) is 3.76. The van der Waals surface area contributed by atoms with E-state index >= 15 is 0 Å². The van der Waals surface area contributed by atoms with Crippen molar-refractivity contribution < 1.29 is 32.6 Å². The van der Waals surface area contributed by atoms with Crippen LogP contribution in [0.15, 0.2) is 18.2 Å². The van der Waals surface area contributed by atoms with Crippen LogP contribution in [0, 0.1) is 0 Å². The van der Waals surface area contributed by atoms with Gasteiger partial charge in [0.1, 0.15) is 6.04 Å². The lowest BCUT2D eigenvalue weighted by Crippen LogP contribution is -2.49. The van der Waals surface area contributed by atoms with E-state index in [1.165, 1.54) is 32.2 Å². The van der Waals surface area contributed by atoms with E-state index in [0.29, 0.717) is 0 Å². The molecule has 0 aliphatic carbocycles. The molecule has 122 valence electrons. The number of methoxy groups -OCH3 is 1. The van der Waals surface area contributed by atoms with Crippen LogP contribution in [-0.2, 0) is 9.53 Å². The van der Waals surface area contributed by atoms with E-state index < -0.39 is 30.6 Å². The molecule has 1 aromatic carbocycles. The molecule has 1 aliphatic rings. The van der Waals surface area contributed by atoms with Crippen LogP contribution >= 0.6 is 12.4 Å². The van der Waals surface area contributed by atoms with Gasteiger partial charge >= 0.3 is 18.0 Å². The molecule has 1 saturated heterocycles. The summed E-state index contributed by atoms with van der Waals surface area (Å²) in [6.07, 6.45) is -0.922. The maximum atomic E-state index is 13.8. The lowest BCUT2D eigenvalue weighted by atomic mass is 9.99. The molecule has 0 saturated carbocycles. The van der Waals surface area contributed by atoms with Gasteiger partial charge in [0, 0.05) is 6.92 Å². The zero-order chi connectivity index (χ0) is 15.6. The zero-order valence-electron chi connectivity index (χ0n) is 11.7. The topological polar surface area (TPSA) is 73.9 Å². The van der Waals surface area contributed by atoms with Crippen molar-refractivity contribution in [2.75, 3.05) is 13.7 Å². The average Bonchev–Trinajstić information content (AvgIpc) is 2.41. The number of carbonyl (C=O) groups is 2. The summed E-state index contributed by atoms with van der Waals surface area (Å²) in [5.74, 6) is -3.61. The summed E-state index contributed by atoms with van der Waals surface area (Å²) in [5.41, 5.74) is 0.115. The predicted molar refractivity (Wildman–Crippen MR) is 73.7 cm³/mol. The number of alkyl carbamates (subject to hydrolysis) is 1. The number of hydrogen-bond donors (Lipinski definition) is 1. The van der Waals surface area contributed by atoms with E-state index in [0.717, 1.165) is 0 Å². The number of cyclic esters (lactones) is 1. The lowest BCUT2D eigenvalue weighted by molar-refractivity contribution is -0.132. The molecule has 22 heavy (non-hydrogen) atoms. The van der Waals surface area contributed by atoms with Gasteiger partial charge < -0.3 is 19.5 Å². The van der Waals surface area contributed by atoms with E-state index in [1.54, 1.807) is 0 Å². The van der Waals surface area contributed by atoms with Gasteiger partial charge in [-0.2, -0.15) is 0 Å². The highest BCUT2D eigenvalue weighted by Crippen LogP contribution is 2.38. The molecule has 1 aromatic rings. The molecule has 2 rings (SSSR count). The summed E-state index contributed by atoms with van der Waals surface area (Å²) in [6.45, 7) is 0.206. The standard InChI is InChI=1S/C13H13F2NO5.ClH/c1-7(17)21-9-4-3-8(5-10(9)19-2)11-13(14,15)6-20-12(18)16-11;/h3-5,11H,6H2,1-2H3,(H,16,18);1H/t11-;/m0./s1. The summed E-state index contributed by atoms with van der Waals surface area (Å²) in [7, 11) is 1.31. The minimum absolute atomic E-state index is 0. The van der Waals surface area contributed by atoms with Gasteiger partial charge in [0.15, 0.2) is 18.1 Å². The second-order valence-corrected chi connectivity index (χ2v) is 4.42. The first kappa shape index (κ1) is 18.0. The molecule has 1 heterocycles. The van der Waals surface area contributed by atoms with Crippen molar-refractivity contribution in [2.24, 2.45) is 0 Å². The Morgan fingerprint density at radius 3 is 2.68 bits per heavy atom. The number of amides is 1. The smallest absolute Gasteiger partial charge is 0.408 e. The average molecular weight is 338 g/mol. The molecule has 1 amide bonds. The Hall–Kier alpha value is -2.09. The molecule has 1 atom stereocenters. The molecule has 0 spiro atoms. The van der Waals surface area contributed by atoms with E-state index in [1.807, 2.05) is 0 Å². The van der Waals surface area contributed by atoms with Gasteiger partial charge in [0.25, 0.3) is 0 Å². The SMILES string of the molecule is COc1cc([C@@H]2NC(=O)OCC2(F)F)ccc1OC(C)=O.Cl. The number of hydrogen-bond acceptors (Lipinski definition) is 5. The van der Waals surface area contributed by atoms with Gasteiger partial charge in [-0.3, -0.25) is 4.79 Å². The molecule has 1 fully saturated rings. The van der Waals surface area contributed by atoms with Gasteiger partial charge in [-0.05, 0) is 17.7 Å². The number of esters is 1. The predicted octanol–water partition coefficient (Wildman–Crippen LogP) is 2.46. The van der Waals surface area contributed by atoms with Crippen LogP contribution in [0.5, 0.6) is 11.5 Å².